The summed E-state index contributed by atoms with van der Waals surface area (Å²) in [6, 6.07) is 13.6. The summed E-state index contributed by atoms with van der Waals surface area (Å²) in [6.45, 7) is 2.23. The van der Waals surface area contributed by atoms with Crippen LogP contribution in [0, 0.1) is 18.3 Å². The first-order chi connectivity index (χ1) is 10.1. The molecule has 0 radical (unpaired) electrons. The highest BCUT2D eigenvalue weighted by Gasteiger charge is 2.15. The van der Waals surface area contributed by atoms with E-state index in [0.717, 1.165) is 28.0 Å². The molecule has 1 aromatic heterocycles. The van der Waals surface area contributed by atoms with Crippen LogP contribution in [0.2, 0.25) is 10.0 Å². The normalized spacial score (nSPS) is 10.8. The zero-order chi connectivity index (χ0) is 15.0. The molecule has 0 aliphatic heterocycles. The summed E-state index contributed by atoms with van der Waals surface area (Å²) in [6.07, 6.45) is 0. The first-order valence-corrected chi connectivity index (χ1v) is 7.15. The van der Waals surface area contributed by atoms with Crippen LogP contribution in [0.4, 0.5) is 0 Å². The number of hydrogen-bond donors (Lipinski definition) is 0. The van der Waals surface area contributed by atoms with Crippen LogP contribution in [-0.2, 0) is 6.54 Å². The fourth-order valence-electron chi connectivity index (χ4n) is 2.38. The summed E-state index contributed by atoms with van der Waals surface area (Å²) in [5.41, 5.74) is 3.64. The van der Waals surface area contributed by atoms with E-state index in [2.05, 4.69) is 11.1 Å². The monoisotopic (exact) mass is 315 g/mol. The Hall–Kier alpha value is -2.02. The van der Waals surface area contributed by atoms with Gasteiger partial charge >= 0.3 is 0 Å². The number of nitriles is 1. The fourth-order valence-corrected chi connectivity index (χ4v) is 2.70. The molecule has 0 atom stereocenters. The average molecular weight is 316 g/mol. The van der Waals surface area contributed by atoms with E-state index in [1.165, 1.54) is 0 Å². The van der Waals surface area contributed by atoms with E-state index >= 15 is 0 Å². The zero-order valence-corrected chi connectivity index (χ0v) is 12.8. The minimum absolute atomic E-state index is 0.206. The lowest BCUT2D eigenvalue weighted by Crippen LogP contribution is -1.99. The van der Waals surface area contributed by atoms with Crippen LogP contribution in [0.3, 0.4) is 0 Å². The number of aryl methyl sites for hydroxylation is 1. The van der Waals surface area contributed by atoms with Crippen molar-refractivity contribution in [2.75, 3.05) is 0 Å². The minimum Gasteiger partial charge on any atom is -0.310 e. The van der Waals surface area contributed by atoms with Crippen molar-refractivity contribution in [3.05, 3.63) is 52.0 Å². The van der Waals surface area contributed by atoms with Gasteiger partial charge in [-0.2, -0.15) is 5.26 Å². The quantitative estimate of drug-likeness (QED) is 0.678. The summed E-state index contributed by atoms with van der Waals surface area (Å²) in [5, 5.41) is 10.0. The molecule has 0 aliphatic rings. The van der Waals surface area contributed by atoms with E-state index in [1.807, 2.05) is 35.8 Å². The van der Waals surface area contributed by atoms with Gasteiger partial charge < -0.3 is 4.57 Å². The van der Waals surface area contributed by atoms with Crippen LogP contribution in [0.1, 0.15) is 5.56 Å². The number of halogens is 2. The number of nitrogens with zero attached hydrogens (tertiary/aromatic N) is 3. The molecule has 104 valence electrons. The van der Waals surface area contributed by atoms with Gasteiger partial charge in [-0.25, -0.2) is 4.98 Å². The Bertz CT molecular complexity index is 875. The van der Waals surface area contributed by atoms with Crippen LogP contribution >= 0.6 is 23.2 Å². The second kappa shape index (κ2) is 5.40. The average Bonchev–Trinajstić information content (AvgIpc) is 2.79. The van der Waals surface area contributed by atoms with Gasteiger partial charge in [0.1, 0.15) is 12.4 Å². The highest BCUT2D eigenvalue weighted by Crippen LogP contribution is 2.32. The molecular weight excluding hydrogens is 305 g/mol. The topological polar surface area (TPSA) is 41.6 Å². The highest BCUT2D eigenvalue weighted by atomic mass is 35.5. The predicted molar refractivity (Wildman–Crippen MR) is 85.5 cm³/mol. The van der Waals surface area contributed by atoms with Gasteiger partial charge in [0.25, 0.3) is 0 Å². The first kappa shape index (κ1) is 13.9. The van der Waals surface area contributed by atoms with Crippen molar-refractivity contribution >= 4 is 34.2 Å². The minimum atomic E-state index is 0.206. The lowest BCUT2D eigenvalue weighted by molar-refractivity contribution is 0.869. The van der Waals surface area contributed by atoms with E-state index in [0.29, 0.717) is 10.0 Å². The van der Waals surface area contributed by atoms with Crippen molar-refractivity contribution in [3.63, 3.8) is 0 Å². The third-order valence-corrected chi connectivity index (χ3v) is 4.13. The lowest BCUT2D eigenvalue weighted by atomic mass is 10.1. The zero-order valence-electron chi connectivity index (χ0n) is 11.3. The van der Waals surface area contributed by atoms with E-state index in [9.17, 15) is 0 Å². The molecule has 3 rings (SSSR count). The fraction of sp³-hybridized carbons (Fsp3) is 0.125. The van der Waals surface area contributed by atoms with Crippen molar-refractivity contribution in [1.82, 2.24) is 9.55 Å². The standard InChI is InChI=1S/C16H11Cl2N3/c1-10-4-2-3-5-11(10)16-20-14-8-12(17)13(18)9-15(14)21(16)7-6-19/h2-5,8-9H,7H2,1H3. The first-order valence-electron chi connectivity index (χ1n) is 6.40. The Labute approximate surface area is 132 Å². The van der Waals surface area contributed by atoms with Crippen LogP contribution < -0.4 is 0 Å². The molecule has 0 amide bonds. The molecule has 0 saturated heterocycles. The molecule has 3 aromatic rings. The second-order valence-electron chi connectivity index (χ2n) is 4.75. The van der Waals surface area contributed by atoms with Gasteiger partial charge in [-0.15, -0.1) is 0 Å². The molecule has 0 fully saturated rings. The Kier molecular flexibility index (Phi) is 3.59. The smallest absolute Gasteiger partial charge is 0.142 e. The molecule has 0 saturated carbocycles. The maximum atomic E-state index is 9.10. The molecule has 0 bridgehead atoms. The highest BCUT2D eigenvalue weighted by molar-refractivity contribution is 6.42. The van der Waals surface area contributed by atoms with Crippen molar-refractivity contribution in [3.8, 4) is 17.5 Å². The van der Waals surface area contributed by atoms with E-state index in [-0.39, 0.29) is 6.54 Å². The second-order valence-corrected chi connectivity index (χ2v) is 5.56. The van der Waals surface area contributed by atoms with Crippen LogP contribution in [-0.4, -0.2) is 9.55 Å². The molecule has 3 nitrogen and oxygen atoms in total. The Morgan fingerprint density at radius 1 is 1.19 bits per heavy atom. The van der Waals surface area contributed by atoms with E-state index < -0.39 is 0 Å². The van der Waals surface area contributed by atoms with E-state index in [4.69, 9.17) is 28.5 Å². The maximum absolute atomic E-state index is 9.10. The summed E-state index contributed by atoms with van der Waals surface area (Å²) in [7, 11) is 0. The summed E-state index contributed by atoms with van der Waals surface area (Å²) in [4.78, 5) is 4.63. The summed E-state index contributed by atoms with van der Waals surface area (Å²) < 4.78 is 1.86. The van der Waals surface area contributed by atoms with Crippen LogP contribution in [0.25, 0.3) is 22.4 Å². The molecule has 1 heterocycles. The van der Waals surface area contributed by atoms with Crippen molar-refractivity contribution < 1.29 is 0 Å². The molecule has 0 spiro atoms. The third kappa shape index (κ3) is 2.37. The summed E-state index contributed by atoms with van der Waals surface area (Å²) in [5.74, 6) is 0.753. The Morgan fingerprint density at radius 2 is 1.90 bits per heavy atom. The molecule has 21 heavy (non-hydrogen) atoms. The van der Waals surface area contributed by atoms with Gasteiger partial charge in [-0.1, -0.05) is 47.5 Å². The van der Waals surface area contributed by atoms with Gasteiger partial charge in [-0.3, -0.25) is 0 Å². The summed E-state index contributed by atoms with van der Waals surface area (Å²) >= 11 is 12.1. The third-order valence-electron chi connectivity index (χ3n) is 3.41. The lowest BCUT2D eigenvalue weighted by Gasteiger charge is -2.07. The van der Waals surface area contributed by atoms with Gasteiger partial charge in [0.05, 0.1) is 27.1 Å². The van der Waals surface area contributed by atoms with Crippen LogP contribution in [0.5, 0.6) is 0 Å². The largest absolute Gasteiger partial charge is 0.310 e. The Morgan fingerprint density at radius 3 is 2.62 bits per heavy atom. The molecular formula is C16H11Cl2N3. The molecule has 0 unspecified atom stereocenters. The Balaban J connectivity index is 2.35. The number of hydrogen-bond acceptors (Lipinski definition) is 2. The van der Waals surface area contributed by atoms with Crippen molar-refractivity contribution in [2.45, 2.75) is 13.5 Å². The molecule has 0 aliphatic carbocycles. The number of imidazole rings is 1. The van der Waals surface area contributed by atoms with E-state index in [1.54, 1.807) is 12.1 Å². The molecule has 0 N–H and O–H groups in total. The number of aromatic nitrogens is 2. The van der Waals surface area contributed by atoms with Crippen LogP contribution in [0.15, 0.2) is 36.4 Å². The molecule has 2 aromatic carbocycles. The SMILES string of the molecule is Cc1ccccc1-c1nc2cc(Cl)c(Cl)cc2n1CC#N. The number of fused-ring (bicyclic) bond motifs is 1. The van der Waals surface area contributed by atoms with Crippen molar-refractivity contribution in [1.29, 1.82) is 5.26 Å². The maximum Gasteiger partial charge on any atom is 0.142 e. The number of rotatable bonds is 2. The predicted octanol–water partition coefficient (Wildman–Crippen LogP) is 4.84. The molecule has 5 heteroatoms. The number of benzene rings is 2. The van der Waals surface area contributed by atoms with Gasteiger partial charge in [-0.05, 0) is 24.6 Å². The van der Waals surface area contributed by atoms with Gasteiger partial charge in [0.15, 0.2) is 0 Å². The van der Waals surface area contributed by atoms with Crippen molar-refractivity contribution in [2.24, 2.45) is 0 Å². The van der Waals surface area contributed by atoms with Gasteiger partial charge in [0.2, 0.25) is 0 Å². The van der Waals surface area contributed by atoms with Gasteiger partial charge in [0, 0.05) is 5.56 Å².